The Morgan fingerprint density at radius 3 is 2.76 bits per heavy atom. The third-order valence-electron chi connectivity index (χ3n) is 2.34. The summed E-state index contributed by atoms with van der Waals surface area (Å²) in [5.74, 6) is 0.731. The van der Waals surface area contributed by atoms with E-state index in [0.717, 1.165) is 16.9 Å². The molecule has 92 valence electrons. The summed E-state index contributed by atoms with van der Waals surface area (Å²) >= 11 is 0. The standard InChI is InChI=1S/C14H19NO2/c1-5-11-6-7-13(17-4)12(8-11)9-14(16)15-10(2)3/h5-8,10H,1,9H2,2-4H3,(H,15,16). The van der Waals surface area contributed by atoms with Crippen molar-refractivity contribution >= 4 is 12.0 Å². The minimum Gasteiger partial charge on any atom is -0.496 e. The molecule has 0 spiro atoms. The quantitative estimate of drug-likeness (QED) is 0.848. The Kier molecular flexibility index (Phi) is 4.76. The van der Waals surface area contributed by atoms with Crippen molar-refractivity contribution in [1.29, 1.82) is 0 Å². The van der Waals surface area contributed by atoms with Crippen LogP contribution in [-0.4, -0.2) is 19.1 Å². The molecule has 0 atom stereocenters. The van der Waals surface area contributed by atoms with Crippen LogP contribution in [0.3, 0.4) is 0 Å². The number of carbonyl (C=O) groups is 1. The van der Waals surface area contributed by atoms with Crippen molar-refractivity contribution in [2.24, 2.45) is 0 Å². The molecule has 1 aromatic carbocycles. The van der Waals surface area contributed by atoms with Crippen LogP contribution < -0.4 is 10.1 Å². The average Bonchev–Trinajstić information content (AvgIpc) is 2.27. The van der Waals surface area contributed by atoms with E-state index in [4.69, 9.17) is 4.74 Å². The molecule has 0 saturated heterocycles. The normalized spacial score (nSPS) is 10.1. The molecule has 0 fully saturated rings. The molecule has 0 radical (unpaired) electrons. The summed E-state index contributed by atoms with van der Waals surface area (Å²) in [7, 11) is 1.60. The summed E-state index contributed by atoms with van der Waals surface area (Å²) in [6.45, 7) is 7.59. The zero-order valence-electron chi connectivity index (χ0n) is 10.6. The number of methoxy groups -OCH3 is 1. The highest BCUT2D eigenvalue weighted by Crippen LogP contribution is 2.21. The number of rotatable bonds is 5. The zero-order chi connectivity index (χ0) is 12.8. The molecule has 0 unspecified atom stereocenters. The van der Waals surface area contributed by atoms with E-state index >= 15 is 0 Å². The molecule has 0 aliphatic rings. The minimum absolute atomic E-state index is 0.000452. The van der Waals surface area contributed by atoms with E-state index in [1.54, 1.807) is 13.2 Å². The largest absolute Gasteiger partial charge is 0.496 e. The fourth-order valence-electron chi connectivity index (χ4n) is 1.61. The molecule has 1 amide bonds. The molecule has 0 bridgehead atoms. The van der Waals surface area contributed by atoms with E-state index in [0.29, 0.717) is 6.42 Å². The highest BCUT2D eigenvalue weighted by molar-refractivity contribution is 5.79. The van der Waals surface area contributed by atoms with Crippen LogP contribution in [0, 0.1) is 0 Å². The van der Waals surface area contributed by atoms with Crippen LogP contribution in [0.15, 0.2) is 24.8 Å². The van der Waals surface area contributed by atoms with Gasteiger partial charge in [-0.05, 0) is 31.5 Å². The second-order valence-corrected chi connectivity index (χ2v) is 4.17. The summed E-state index contributed by atoms with van der Waals surface area (Å²) in [5, 5.41) is 2.86. The zero-order valence-corrected chi connectivity index (χ0v) is 10.6. The number of benzene rings is 1. The lowest BCUT2D eigenvalue weighted by atomic mass is 10.1. The van der Waals surface area contributed by atoms with Crippen LogP contribution in [0.1, 0.15) is 25.0 Å². The molecule has 0 saturated carbocycles. The maximum Gasteiger partial charge on any atom is 0.224 e. The van der Waals surface area contributed by atoms with E-state index in [9.17, 15) is 4.79 Å². The third kappa shape index (κ3) is 3.94. The number of ether oxygens (including phenoxy) is 1. The van der Waals surface area contributed by atoms with Crippen molar-refractivity contribution in [3.8, 4) is 5.75 Å². The SMILES string of the molecule is C=Cc1ccc(OC)c(CC(=O)NC(C)C)c1. The van der Waals surface area contributed by atoms with Gasteiger partial charge in [0, 0.05) is 11.6 Å². The topological polar surface area (TPSA) is 38.3 Å². The van der Waals surface area contributed by atoms with Crippen molar-refractivity contribution in [3.63, 3.8) is 0 Å². The molecule has 0 aliphatic carbocycles. The van der Waals surface area contributed by atoms with Gasteiger partial charge in [-0.3, -0.25) is 4.79 Å². The second-order valence-electron chi connectivity index (χ2n) is 4.17. The smallest absolute Gasteiger partial charge is 0.224 e. The Bertz CT molecular complexity index is 411. The van der Waals surface area contributed by atoms with Crippen molar-refractivity contribution in [2.45, 2.75) is 26.3 Å². The van der Waals surface area contributed by atoms with Gasteiger partial charge in [-0.15, -0.1) is 0 Å². The van der Waals surface area contributed by atoms with Crippen LogP contribution in [0.25, 0.3) is 6.08 Å². The van der Waals surface area contributed by atoms with Crippen molar-refractivity contribution in [2.75, 3.05) is 7.11 Å². The van der Waals surface area contributed by atoms with Crippen molar-refractivity contribution in [3.05, 3.63) is 35.9 Å². The monoisotopic (exact) mass is 233 g/mol. The molecule has 0 aliphatic heterocycles. The number of amides is 1. The van der Waals surface area contributed by atoms with Gasteiger partial charge in [-0.1, -0.05) is 18.7 Å². The number of hydrogen-bond acceptors (Lipinski definition) is 2. The summed E-state index contributed by atoms with van der Waals surface area (Å²) in [6.07, 6.45) is 2.08. The van der Waals surface area contributed by atoms with Crippen LogP contribution in [0.4, 0.5) is 0 Å². The lowest BCUT2D eigenvalue weighted by Gasteiger charge is -2.11. The minimum atomic E-state index is -0.000452. The van der Waals surface area contributed by atoms with Gasteiger partial charge in [-0.2, -0.15) is 0 Å². The first-order chi connectivity index (χ1) is 8.06. The summed E-state index contributed by atoms with van der Waals surface area (Å²) in [6, 6.07) is 5.84. The van der Waals surface area contributed by atoms with Gasteiger partial charge in [0.05, 0.1) is 13.5 Å². The molecule has 0 heterocycles. The number of hydrogen-bond donors (Lipinski definition) is 1. The first-order valence-corrected chi connectivity index (χ1v) is 5.65. The van der Waals surface area contributed by atoms with E-state index in [1.807, 2.05) is 32.0 Å². The summed E-state index contributed by atoms with van der Waals surface area (Å²) in [4.78, 5) is 11.7. The maximum absolute atomic E-state index is 11.7. The average molecular weight is 233 g/mol. The van der Waals surface area contributed by atoms with Gasteiger partial charge in [0.1, 0.15) is 5.75 Å². The van der Waals surface area contributed by atoms with Gasteiger partial charge in [-0.25, -0.2) is 0 Å². The van der Waals surface area contributed by atoms with Gasteiger partial charge in [0.15, 0.2) is 0 Å². The highest BCUT2D eigenvalue weighted by atomic mass is 16.5. The molecule has 3 heteroatoms. The van der Waals surface area contributed by atoms with Gasteiger partial charge in [0.2, 0.25) is 5.91 Å². The third-order valence-corrected chi connectivity index (χ3v) is 2.34. The molecule has 1 rings (SSSR count). The van der Waals surface area contributed by atoms with Crippen LogP contribution in [0.5, 0.6) is 5.75 Å². The number of carbonyl (C=O) groups excluding carboxylic acids is 1. The van der Waals surface area contributed by atoms with Crippen molar-refractivity contribution in [1.82, 2.24) is 5.32 Å². The molecule has 1 aromatic rings. The van der Waals surface area contributed by atoms with E-state index in [-0.39, 0.29) is 11.9 Å². The van der Waals surface area contributed by atoms with E-state index in [2.05, 4.69) is 11.9 Å². The van der Waals surface area contributed by atoms with Crippen molar-refractivity contribution < 1.29 is 9.53 Å². The Morgan fingerprint density at radius 2 is 2.24 bits per heavy atom. The first kappa shape index (κ1) is 13.3. The fourth-order valence-corrected chi connectivity index (χ4v) is 1.61. The Balaban J connectivity index is 2.87. The first-order valence-electron chi connectivity index (χ1n) is 5.65. The van der Waals surface area contributed by atoms with E-state index in [1.165, 1.54) is 0 Å². The predicted octanol–water partition coefficient (Wildman–Crippen LogP) is 2.41. The molecular formula is C14H19NO2. The Labute approximate surface area is 102 Å². The molecular weight excluding hydrogens is 214 g/mol. The van der Waals surface area contributed by atoms with Crippen LogP contribution in [-0.2, 0) is 11.2 Å². The van der Waals surface area contributed by atoms with Crippen LogP contribution >= 0.6 is 0 Å². The van der Waals surface area contributed by atoms with E-state index < -0.39 is 0 Å². The molecule has 3 nitrogen and oxygen atoms in total. The molecule has 1 N–H and O–H groups in total. The maximum atomic E-state index is 11.7. The number of nitrogens with one attached hydrogen (secondary N) is 1. The molecule has 0 aromatic heterocycles. The summed E-state index contributed by atoms with van der Waals surface area (Å²) < 4.78 is 5.24. The molecule has 17 heavy (non-hydrogen) atoms. The Hall–Kier alpha value is -1.77. The van der Waals surface area contributed by atoms with Crippen LogP contribution in [0.2, 0.25) is 0 Å². The van der Waals surface area contributed by atoms with Gasteiger partial charge >= 0.3 is 0 Å². The lowest BCUT2D eigenvalue weighted by Crippen LogP contribution is -2.31. The second kappa shape index (κ2) is 6.09. The fraction of sp³-hybridized carbons (Fsp3) is 0.357. The van der Waals surface area contributed by atoms with Gasteiger partial charge in [0.25, 0.3) is 0 Å². The summed E-state index contributed by atoms with van der Waals surface area (Å²) in [5.41, 5.74) is 1.86. The highest BCUT2D eigenvalue weighted by Gasteiger charge is 2.09. The predicted molar refractivity (Wildman–Crippen MR) is 70.1 cm³/mol. The van der Waals surface area contributed by atoms with Gasteiger partial charge < -0.3 is 10.1 Å². The lowest BCUT2D eigenvalue weighted by molar-refractivity contribution is -0.120. The Morgan fingerprint density at radius 1 is 1.53 bits per heavy atom.